The first-order valence-corrected chi connectivity index (χ1v) is 10.3. The third-order valence-electron chi connectivity index (χ3n) is 3.68. The van der Waals surface area contributed by atoms with Gasteiger partial charge in [0, 0.05) is 10.0 Å². The van der Waals surface area contributed by atoms with E-state index in [9.17, 15) is 14.0 Å². The number of carbonyl (C=O) groups excluding carboxylic acids is 2. The van der Waals surface area contributed by atoms with Crippen LogP contribution in [0.4, 0.5) is 4.39 Å². The van der Waals surface area contributed by atoms with Crippen molar-refractivity contribution >= 4 is 39.5 Å². The number of thioether (sulfide) groups is 1. The first-order chi connectivity index (χ1) is 14.4. The normalized spacial score (nSPS) is 10.5. The topological polar surface area (TPSA) is 124 Å². The molecule has 30 heavy (non-hydrogen) atoms. The number of aromatic nitrogens is 3. The Kier molecular flexibility index (Phi) is 7.25. The molecule has 0 atom stereocenters. The minimum absolute atomic E-state index is 0.0654. The van der Waals surface area contributed by atoms with Gasteiger partial charge in [0.15, 0.2) is 17.4 Å². The summed E-state index contributed by atoms with van der Waals surface area (Å²) < 4.78 is 20.9. The van der Waals surface area contributed by atoms with Crippen molar-refractivity contribution in [3.63, 3.8) is 0 Å². The Labute approximate surface area is 183 Å². The van der Waals surface area contributed by atoms with E-state index in [0.29, 0.717) is 5.56 Å². The van der Waals surface area contributed by atoms with Crippen molar-refractivity contribution in [2.75, 3.05) is 11.6 Å². The minimum atomic E-state index is -0.503. The highest BCUT2D eigenvalue weighted by atomic mass is 79.9. The molecule has 2 amide bonds. The summed E-state index contributed by atoms with van der Waals surface area (Å²) in [7, 11) is 0. The molecule has 2 aromatic carbocycles. The number of nitrogen functional groups attached to an aromatic ring is 1. The van der Waals surface area contributed by atoms with Crippen LogP contribution >= 0.6 is 27.7 Å². The Bertz CT molecular complexity index is 1050. The maximum atomic E-state index is 13.6. The van der Waals surface area contributed by atoms with E-state index in [1.165, 1.54) is 12.1 Å². The van der Waals surface area contributed by atoms with Crippen molar-refractivity contribution in [2.45, 2.75) is 11.8 Å². The van der Waals surface area contributed by atoms with Crippen molar-refractivity contribution < 1.29 is 18.7 Å². The summed E-state index contributed by atoms with van der Waals surface area (Å²) >= 11 is 4.30. The van der Waals surface area contributed by atoms with Crippen molar-refractivity contribution in [1.82, 2.24) is 25.7 Å². The molecule has 0 unspecified atom stereocenters. The molecule has 12 heteroatoms. The van der Waals surface area contributed by atoms with E-state index in [1.807, 2.05) is 0 Å². The monoisotopic (exact) mass is 494 g/mol. The fourth-order valence-electron chi connectivity index (χ4n) is 2.17. The lowest BCUT2D eigenvalue weighted by atomic mass is 10.2. The number of hydrogen-bond acceptors (Lipinski definition) is 7. The number of ether oxygens (including phenoxy) is 1. The molecule has 0 radical (unpaired) electrons. The van der Waals surface area contributed by atoms with Gasteiger partial charge >= 0.3 is 0 Å². The summed E-state index contributed by atoms with van der Waals surface area (Å²) in [5, 5.41) is 8.01. The van der Waals surface area contributed by atoms with E-state index in [-0.39, 0.29) is 29.1 Å². The molecular weight excluding hydrogens is 479 g/mol. The molecule has 9 nitrogen and oxygen atoms in total. The lowest BCUT2D eigenvalue weighted by Gasteiger charge is -2.08. The molecule has 3 rings (SSSR count). The van der Waals surface area contributed by atoms with Crippen LogP contribution in [0.25, 0.3) is 0 Å². The zero-order valence-electron chi connectivity index (χ0n) is 15.3. The van der Waals surface area contributed by atoms with Gasteiger partial charge in [-0.3, -0.25) is 20.4 Å². The Balaban J connectivity index is 1.46. The number of rotatable bonds is 7. The lowest BCUT2D eigenvalue weighted by molar-refractivity contribution is -0.119. The number of hydrazine groups is 1. The van der Waals surface area contributed by atoms with Gasteiger partial charge in [0.25, 0.3) is 5.91 Å². The van der Waals surface area contributed by atoms with Gasteiger partial charge in [-0.1, -0.05) is 39.8 Å². The van der Waals surface area contributed by atoms with Crippen LogP contribution in [-0.2, 0) is 11.4 Å². The Morgan fingerprint density at radius 1 is 1.13 bits per heavy atom. The molecule has 0 saturated heterocycles. The molecule has 0 aliphatic rings. The van der Waals surface area contributed by atoms with E-state index in [4.69, 9.17) is 10.6 Å². The van der Waals surface area contributed by atoms with Crippen LogP contribution in [-0.4, -0.2) is 32.4 Å². The SMILES string of the molecule is Nn1c(COc2ccccc2F)nnc1SCC(=O)NNC(=O)c1ccc(Br)cc1. The predicted octanol–water partition coefficient (Wildman–Crippen LogP) is 2.03. The average molecular weight is 495 g/mol. The van der Waals surface area contributed by atoms with Crippen LogP contribution in [0, 0.1) is 5.82 Å². The van der Waals surface area contributed by atoms with Gasteiger partial charge < -0.3 is 10.6 Å². The van der Waals surface area contributed by atoms with Crippen molar-refractivity contribution in [3.05, 3.63) is 70.2 Å². The predicted molar refractivity (Wildman–Crippen MR) is 111 cm³/mol. The third kappa shape index (κ3) is 5.70. The number of nitrogens with one attached hydrogen (secondary N) is 2. The Morgan fingerprint density at radius 3 is 2.60 bits per heavy atom. The highest BCUT2D eigenvalue weighted by Crippen LogP contribution is 2.18. The molecule has 3 aromatic rings. The molecule has 0 bridgehead atoms. The molecule has 0 aliphatic carbocycles. The van der Waals surface area contributed by atoms with Gasteiger partial charge in [-0.2, -0.15) is 0 Å². The quantitative estimate of drug-likeness (QED) is 0.260. The average Bonchev–Trinajstić information content (AvgIpc) is 3.10. The number of amides is 2. The number of hydrogen-bond donors (Lipinski definition) is 3. The van der Waals surface area contributed by atoms with E-state index in [2.05, 4.69) is 37.0 Å². The van der Waals surface area contributed by atoms with Gasteiger partial charge in [-0.25, -0.2) is 9.07 Å². The maximum absolute atomic E-state index is 13.6. The van der Waals surface area contributed by atoms with E-state index >= 15 is 0 Å². The molecule has 0 aliphatic heterocycles. The van der Waals surface area contributed by atoms with Crippen LogP contribution in [0.5, 0.6) is 5.75 Å². The zero-order chi connectivity index (χ0) is 21.5. The molecule has 1 heterocycles. The van der Waals surface area contributed by atoms with E-state index in [0.717, 1.165) is 20.9 Å². The van der Waals surface area contributed by atoms with Gasteiger partial charge in [0.1, 0.15) is 6.61 Å². The molecule has 0 fully saturated rings. The van der Waals surface area contributed by atoms with Crippen LogP contribution in [0.2, 0.25) is 0 Å². The van der Waals surface area contributed by atoms with Crippen LogP contribution in [0.3, 0.4) is 0 Å². The molecule has 4 N–H and O–H groups in total. The number of para-hydroxylation sites is 1. The first-order valence-electron chi connectivity index (χ1n) is 8.48. The molecule has 0 spiro atoms. The number of nitrogens with two attached hydrogens (primary N) is 1. The zero-order valence-corrected chi connectivity index (χ0v) is 17.7. The summed E-state index contributed by atoms with van der Waals surface area (Å²) in [6.07, 6.45) is 0. The van der Waals surface area contributed by atoms with Crippen LogP contribution < -0.4 is 21.4 Å². The summed E-state index contributed by atoms with van der Waals surface area (Å²) in [5.74, 6) is 4.74. The van der Waals surface area contributed by atoms with Crippen molar-refractivity contribution in [1.29, 1.82) is 0 Å². The standard InChI is InChI=1S/C18H16BrFN6O3S/c19-12-7-5-11(6-8-12)17(28)24-23-16(27)10-30-18-25-22-15(26(18)21)9-29-14-4-2-1-3-13(14)20/h1-8H,9-10,21H2,(H,23,27)(H,24,28). The second kappa shape index (κ2) is 10.1. The van der Waals surface area contributed by atoms with Gasteiger partial charge in [0.2, 0.25) is 11.1 Å². The maximum Gasteiger partial charge on any atom is 0.269 e. The van der Waals surface area contributed by atoms with E-state index < -0.39 is 17.6 Å². The molecule has 1 aromatic heterocycles. The largest absolute Gasteiger partial charge is 0.482 e. The molecule has 156 valence electrons. The third-order valence-corrected chi connectivity index (χ3v) is 5.15. The van der Waals surface area contributed by atoms with E-state index in [1.54, 1.807) is 36.4 Å². The van der Waals surface area contributed by atoms with Crippen molar-refractivity contribution in [2.24, 2.45) is 0 Å². The number of nitrogens with zero attached hydrogens (tertiary/aromatic N) is 3. The van der Waals surface area contributed by atoms with Crippen molar-refractivity contribution in [3.8, 4) is 5.75 Å². The van der Waals surface area contributed by atoms with Crippen LogP contribution in [0.15, 0.2) is 58.2 Å². The van der Waals surface area contributed by atoms with Gasteiger partial charge in [-0.15, -0.1) is 10.2 Å². The van der Waals surface area contributed by atoms with Crippen LogP contribution in [0.1, 0.15) is 16.2 Å². The minimum Gasteiger partial charge on any atom is -0.482 e. The fraction of sp³-hybridized carbons (Fsp3) is 0.111. The number of carbonyl (C=O) groups is 2. The molecular formula is C18H16BrFN6O3S. The highest BCUT2D eigenvalue weighted by Gasteiger charge is 2.14. The number of benzene rings is 2. The second-order valence-electron chi connectivity index (χ2n) is 5.79. The Morgan fingerprint density at radius 2 is 1.87 bits per heavy atom. The second-order valence-corrected chi connectivity index (χ2v) is 7.64. The molecule has 0 saturated carbocycles. The van der Waals surface area contributed by atoms with Gasteiger partial charge in [-0.05, 0) is 36.4 Å². The lowest BCUT2D eigenvalue weighted by Crippen LogP contribution is -2.42. The fourth-order valence-corrected chi connectivity index (χ4v) is 3.11. The van der Waals surface area contributed by atoms with Gasteiger partial charge in [0.05, 0.1) is 5.75 Å². The summed E-state index contributed by atoms with van der Waals surface area (Å²) in [4.78, 5) is 23.9. The first kappa shape index (κ1) is 21.6. The highest BCUT2D eigenvalue weighted by molar-refractivity contribution is 9.10. The summed E-state index contributed by atoms with van der Waals surface area (Å²) in [6, 6.07) is 12.6. The summed E-state index contributed by atoms with van der Waals surface area (Å²) in [5.41, 5.74) is 5.03. The Hall–Kier alpha value is -3.12. The number of halogens is 2. The smallest absolute Gasteiger partial charge is 0.269 e. The summed E-state index contributed by atoms with van der Waals surface area (Å²) in [6.45, 7) is -0.0968.